The number of rotatable bonds is 7. The van der Waals surface area contributed by atoms with E-state index in [1.807, 2.05) is 5.43 Å². The van der Waals surface area contributed by atoms with Gasteiger partial charge in [-0.3, -0.25) is 19.8 Å². The highest BCUT2D eigenvalue weighted by atomic mass is 32.5. The Morgan fingerprint density at radius 3 is 2.32 bits per heavy atom. The Balaban J connectivity index is 2.05. The summed E-state index contributed by atoms with van der Waals surface area (Å²) in [5.74, 6) is 2.90. The number of pyridine rings is 1. The molecule has 14 heteroatoms. The number of Topliss-reactive ketones (excluding diaryl/α,β-unsaturated/α-hetero) is 1. The maximum Gasteiger partial charge on any atom is 0.310 e. The average Bonchev–Trinajstić information content (AvgIpc) is 2.77. The summed E-state index contributed by atoms with van der Waals surface area (Å²) in [6.45, 7) is 2.06. The third-order valence-corrected chi connectivity index (χ3v) is 6.82. The van der Waals surface area contributed by atoms with Crippen molar-refractivity contribution in [3.05, 3.63) is 47.7 Å². The van der Waals surface area contributed by atoms with Gasteiger partial charge in [0.15, 0.2) is 5.78 Å². The second-order valence-corrected chi connectivity index (χ2v) is 10.2. The molecule has 8 nitrogen and oxygen atoms in total. The molecule has 2 amide bonds. The van der Waals surface area contributed by atoms with Crippen molar-refractivity contribution >= 4 is 39.3 Å². The van der Waals surface area contributed by atoms with E-state index in [0.29, 0.717) is 13.0 Å². The average molecular weight is 507 g/mol. The van der Waals surface area contributed by atoms with Crippen LogP contribution in [0.3, 0.4) is 0 Å². The van der Waals surface area contributed by atoms with Crippen LogP contribution in [0.2, 0.25) is 0 Å². The normalized spacial score (nSPS) is 20.5. The van der Waals surface area contributed by atoms with Gasteiger partial charge < -0.3 is 10.6 Å². The van der Waals surface area contributed by atoms with Crippen molar-refractivity contribution in [2.75, 3.05) is 11.9 Å². The van der Waals surface area contributed by atoms with Crippen LogP contribution in [-0.2, 0) is 4.79 Å². The number of halogens is 5. The molecule has 1 aliphatic heterocycles. The monoisotopic (exact) mass is 507 g/mol. The van der Waals surface area contributed by atoms with Crippen molar-refractivity contribution in [3.63, 3.8) is 0 Å². The van der Waals surface area contributed by atoms with Gasteiger partial charge >= 0.3 is 10.2 Å². The summed E-state index contributed by atoms with van der Waals surface area (Å²) in [6, 6.07) is 3.08. The van der Waals surface area contributed by atoms with Gasteiger partial charge in [-0.05, 0) is 49.6 Å². The first-order valence-corrected chi connectivity index (χ1v) is 12.0. The largest absolute Gasteiger partial charge is 0.355 e. The zero-order valence-electron chi connectivity index (χ0n) is 17.8. The Morgan fingerprint density at radius 1 is 1.15 bits per heavy atom. The number of anilines is 2. The zero-order valence-corrected chi connectivity index (χ0v) is 18.7. The lowest BCUT2D eigenvalue weighted by atomic mass is 9.71. The molecule has 1 aliphatic rings. The Hall–Kier alpha value is -3.26. The number of carbonyl (C=O) groups excluding carboxylic acids is 3. The van der Waals surface area contributed by atoms with Crippen molar-refractivity contribution in [1.29, 1.82) is 0 Å². The molecule has 3 rings (SSSR count). The van der Waals surface area contributed by atoms with E-state index in [-0.39, 0.29) is 47.6 Å². The predicted molar refractivity (Wildman–Crippen MR) is 116 cm³/mol. The minimum absolute atomic E-state index is 0.116. The van der Waals surface area contributed by atoms with E-state index in [4.69, 9.17) is 5.84 Å². The lowest BCUT2D eigenvalue weighted by Gasteiger charge is -2.40. The van der Waals surface area contributed by atoms with Crippen molar-refractivity contribution in [2.24, 2.45) is 11.3 Å². The predicted octanol–water partition coefficient (Wildman–Crippen LogP) is 4.58. The second-order valence-electron chi connectivity index (χ2n) is 7.80. The molecule has 1 saturated heterocycles. The van der Waals surface area contributed by atoms with Gasteiger partial charge in [-0.1, -0.05) is 26.4 Å². The van der Waals surface area contributed by atoms with E-state index >= 15 is 0 Å². The van der Waals surface area contributed by atoms with Gasteiger partial charge in [0.1, 0.15) is 16.1 Å². The minimum Gasteiger partial charge on any atom is -0.355 e. The summed E-state index contributed by atoms with van der Waals surface area (Å²) in [5.41, 5.74) is -0.199. The molecule has 0 bridgehead atoms. The summed E-state index contributed by atoms with van der Waals surface area (Å²) in [4.78, 5) is 40.5. The highest BCUT2D eigenvalue weighted by Gasteiger charge is 2.65. The third kappa shape index (κ3) is 4.82. The number of ketones is 1. The number of hydrogen-bond acceptors (Lipinski definition) is 6. The van der Waals surface area contributed by atoms with Crippen LogP contribution in [0.1, 0.15) is 46.9 Å². The third-order valence-electron chi connectivity index (χ3n) is 5.65. The number of hydrogen-bond donors (Lipinski definition) is 4. The molecule has 1 fully saturated rings. The lowest BCUT2D eigenvalue weighted by molar-refractivity contribution is -0.130. The van der Waals surface area contributed by atoms with Crippen molar-refractivity contribution in [1.82, 2.24) is 15.7 Å². The number of amides is 2. The molecule has 186 valence electrons. The van der Waals surface area contributed by atoms with Crippen molar-refractivity contribution < 1.29 is 33.8 Å². The summed E-state index contributed by atoms with van der Waals surface area (Å²) in [6.07, 6.45) is 2.11. The topological polar surface area (TPSA) is 126 Å². The van der Waals surface area contributed by atoms with E-state index in [9.17, 15) is 33.8 Å². The van der Waals surface area contributed by atoms with Crippen LogP contribution in [0.25, 0.3) is 0 Å². The number of aromatic nitrogens is 1. The van der Waals surface area contributed by atoms with E-state index in [2.05, 4.69) is 15.6 Å². The number of nitrogen functional groups attached to an aromatic ring is 1. The first kappa shape index (κ1) is 25.4. The lowest BCUT2D eigenvalue weighted by Crippen LogP contribution is -2.50. The first-order chi connectivity index (χ1) is 15.6. The number of carbonyl (C=O) groups is 3. The van der Waals surface area contributed by atoms with Crippen molar-refractivity contribution in [3.8, 4) is 0 Å². The standard InChI is InChI=1S/C20H22F5N5O3S/c1-2-20(9-3-10-28-19(20)33)16(31)14-8-11-27-17(15(14)18(32)30-26)29-12-4-6-13(7-5-12)34(21,22,23,24)25/h4-8,11H,2-3,9-10,26H2,1H3,(H,27,29)(H,28,33)(H,30,32). The zero-order chi connectivity index (χ0) is 25.4. The molecule has 0 aliphatic carbocycles. The summed E-state index contributed by atoms with van der Waals surface area (Å²) in [7, 11) is -9.86. The summed E-state index contributed by atoms with van der Waals surface area (Å²) in [5, 5.41) is 5.20. The fourth-order valence-electron chi connectivity index (χ4n) is 3.83. The van der Waals surface area contributed by atoms with Crippen LogP contribution in [0, 0.1) is 5.41 Å². The SMILES string of the molecule is CCC1(C(=O)c2ccnc(Nc3ccc(S(F)(F)(F)(F)F)cc3)c2C(=O)NN)CCCNC1=O. The molecular formula is C20H22F5N5O3S. The maximum absolute atomic E-state index is 13.5. The van der Waals surface area contributed by atoms with Gasteiger partial charge in [0, 0.05) is 24.0 Å². The Morgan fingerprint density at radius 2 is 1.79 bits per heavy atom. The number of benzene rings is 1. The molecule has 5 N–H and O–H groups in total. The van der Waals surface area contributed by atoms with Crippen LogP contribution in [0.15, 0.2) is 41.4 Å². The second kappa shape index (κ2) is 7.91. The molecular weight excluding hydrogens is 485 g/mol. The molecule has 34 heavy (non-hydrogen) atoms. The summed E-state index contributed by atoms with van der Waals surface area (Å²) < 4.78 is 64.9. The minimum atomic E-state index is -9.86. The molecule has 1 aromatic heterocycles. The molecule has 1 aromatic carbocycles. The van der Waals surface area contributed by atoms with Crippen LogP contribution in [0.5, 0.6) is 0 Å². The van der Waals surface area contributed by atoms with Gasteiger partial charge in [-0.2, -0.15) is 0 Å². The number of piperidine rings is 1. The number of nitrogens with one attached hydrogen (secondary N) is 3. The molecule has 1 unspecified atom stereocenters. The van der Waals surface area contributed by atoms with Crippen LogP contribution >= 0.6 is 10.2 Å². The smallest absolute Gasteiger partial charge is 0.310 e. The first-order valence-electron chi connectivity index (χ1n) is 10.1. The van der Waals surface area contributed by atoms with Gasteiger partial charge in [0.2, 0.25) is 5.91 Å². The molecule has 0 radical (unpaired) electrons. The van der Waals surface area contributed by atoms with Gasteiger partial charge in [-0.25, -0.2) is 10.8 Å². The van der Waals surface area contributed by atoms with E-state index in [1.54, 1.807) is 6.92 Å². The number of hydrazine groups is 1. The Kier molecular flexibility index (Phi) is 5.90. The highest BCUT2D eigenvalue weighted by molar-refractivity contribution is 8.45. The molecule has 1 atom stereocenters. The molecule has 0 spiro atoms. The van der Waals surface area contributed by atoms with Gasteiger partial charge in [-0.15, -0.1) is 0 Å². The van der Waals surface area contributed by atoms with E-state index < -0.39 is 38.1 Å². The number of nitrogens with zero attached hydrogens (tertiary/aromatic N) is 1. The fraction of sp³-hybridized carbons (Fsp3) is 0.300. The summed E-state index contributed by atoms with van der Waals surface area (Å²) >= 11 is 0. The quantitative estimate of drug-likeness (QED) is 0.109. The molecule has 2 heterocycles. The Bertz CT molecular complexity index is 1160. The van der Waals surface area contributed by atoms with Crippen LogP contribution in [0.4, 0.5) is 30.9 Å². The van der Waals surface area contributed by atoms with Gasteiger partial charge in [0.05, 0.1) is 5.56 Å². The van der Waals surface area contributed by atoms with E-state index in [0.717, 1.165) is 18.3 Å². The van der Waals surface area contributed by atoms with Gasteiger partial charge in [0.25, 0.3) is 5.91 Å². The highest BCUT2D eigenvalue weighted by Crippen LogP contribution is 3.02. The molecule has 2 aromatic rings. The fourth-order valence-corrected chi connectivity index (χ4v) is 4.48. The number of nitrogens with two attached hydrogens (primary N) is 1. The maximum atomic E-state index is 13.5. The molecule has 0 saturated carbocycles. The van der Waals surface area contributed by atoms with Crippen LogP contribution < -0.4 is 21.9 Å². The van der Waals surface area contributed by atoms with Crippen molar-refractivity contribution in [2.45, 2.75) is 31.1 Å². The Labute approximate surface area is 191 Å². The van der Waals surface area contributed by atoms with Crippen LogP contribution in [-0.4, -0.2) is 29.1 Å². The van der Waals surface area contributed by atoms with E-state index in [1.165, 1.54) is 6.07 Å².